The van der Waals surface area contributed by atoms with Crippen molar-refractivity contribution in [3.63, 3.8) is 0 Å². The summed E-state index contributed by atoms with van der Waals surface area (Å²) in [5.41, 5.74) is 11.2. The monoisotopic (exact) mass is 433 g/mol. The van der Waals surface area contributed by atoms with Crippen molar-refractivity contribution in [2.45, 2.75) is 13.0 Å². The molecule has 156 valence electrons. The Balaban J connectivity index is 1.87. The third-order valence-corrected chi connectivity index (χ3v) is 5.24. The maximum Gasteiger partial charge on any atom is 0.307 e. The van der Waals surface area contributed by atoms with Crippen LogP contribution in [0, 0.1) is 0 Å². The summed E-state index contributed by atoms with van der Waals surface area (Å²) in [6, 6.07) is 20.0. The Morgan fingerprint density at radius 3 is 2.52 bits per heavy atom. The molecule has 0 atom stereocenters. The molecule has 1 aliphatic rings. The van der Waals surface area contributed by atoms with E-state index in [1.807, 2.05) is 30.3 Å². The summed E-state index contributed by atoms with van der Waals surface area (Å²) >= 11 is 6.09. The number of benzene rings is 3. The molecule has 7 heteroatoms. The van der Waals surface area contributed by atoms with E-state index in [2.05, 4.69) is 10.6 Å². The first-order valence-corrected chi connectivity index (χ1v) is 10.0. The lowest BCUT2D eigenvalue weighted by molar-refractivity contribution is -0.136. The average Bonchev–Trinajstić information content (AvgIpc) is 3.06. The third-order valence-electron chi connectivity index (χ3n) is 5.01. The van der Waals surface area contributed by atoms with E-state index >= 15 is 0 Å². The Kier molecular flexibility index (Phi) is 5.75. The first kappa shape index (κ1) is 20.7. The van der Waals surface area contributed by atoms with E-state index in [-0.39, 0.29) is 12.3 Å². The Morgan fingerprint density at radius 1 is 1.03 bits per heavy atom. The second-order valence-corrected chi connectivity index (χ2v) is 7.63. The Bertz CT molecular complexity index is 1200. The van der Waals surface area contributed by atoms with Crippen LogP contribution in [0.1, 0.15) is 22.3 Å². The lowest BCUT2D eigenvalue weighted by atomic mass is 9.98. The number of anilines is 2. The van der Waals surface area contributed by atoms with Crippen molar-refractivity contribution < 1.29 is 14.7 Å². The molecule has 6 nitrogen and oxygen atoms in total. The molecule has 1 heterocycles. The molecule has 0 fully saturated rings. The van der Waals surface area contributed by atoms with Crippen molar-refractivity contribution in [1.29, 1.82) is 0 Å². The predicted octanol–water partition coefficient (Wildman–Crippen LogP) is 4.36. The molecule has 1 amide bonds. The Morgan fingerprint density at radius 2 is 1.81 bits per heavy atom. The normalized spacial score (nSPS) is 14.1. The second kappa shape index (κ2) is 8.63. The summed E-state index contributed by atoms with van der Waals surface area (Å²) in [7, 11) is 0. The van der Waals surface area contributed by atoms with Gasteiger partial charge in [0.15, 0.2) is 0 Å². The number of carboxylic acid groups (broad SMARTS) is 1. The van der Waals surface area contributed by atoms with Gasteiger partial charge in [0.2, 0.25) is 0 Å². The fourth-order valence-electron chi connectivity index (χ4n) is 3.55. The lowest BCUT2D eigenvalue weighted by Gasteiger charge is -2.16. The van der Waals surface area contributed by atoms with Crippen LogP contribution in [0.2, 0.25) is 5.02 Å². The van der Waals surface area contributed by atoms with Crippen molar-refractivity contribution in [2.75, 3.05) is 10.6 Å². The summed E-state index contributed by atoms with van der Waals surface area (Å²) in [4.78, 5) is 24.1. The standard InChI is InChI=1S/C24H20ClN3O3/c25-17-6-9-19-20(12-17)28-24(31)22(19)23(27-18-7-4-14(13-26)5-8-18)16-3-1-2-15(10-16)11-21(29)30/h1-10,12,27H,11,13,26H2,(H,28,31)(H,29,30). The second-order valence-electron chi connectivity index (χ2n) is 7.19. The minimum absolute atomic E-state index is 0.111. The predicted molar refractivity (Wildman–Crippen MR) is 123 cm³/mol. The highest BCUT2D eigenvalue weighted by Gasteiger charge is 2.28. The highest BCUT2D eigenvalue weighted by atomic mass is 35.5. The molecule has 0 aliphatic carbocycles. The summed E-state index contributed by atoms with van der Waals surface area (Å²) in [5.74, 6) is -1.18. The van der Waals surface area contributed by atoms with Crippen LogP contribution in [0.15, 0.2) is 66.7 Å². The highest BCUT2D eigenvalue weighted by molar-refractivity contribution is 6.38. The largest absolute Gasteiger partial charge is 0.481 e. The van der Waals surface area contributed by atoms with Gasteiger partial charge in [-0.2, -0.15) is 0 Å². The summed E-state index contributed by atoms with van der Waals surface area (Å²) in [6.07, 6.45) is -0.111. The van der Waals surface area contributed by atoms with Gasteiger partial charge < -0.3 is 21.5 Å². The van der Waals surface area contributed by atoms with Crippen LogP contribution in [-0.4, -0.2) is 17.0 Å². The van der Waals surface area contributed by atoms with Crippen LogP contribution in [-0.2, 0) is 22.6 Å². The average molecular weight is 434 g/mol. The van der Waals surface area contributed by atoms with E-state index in [4.69, 9.17) is 17.3 Å². The van der Waals surface area contributed by atoms with Gasteiger partial charge in [-0.1, -0.05) is 48.0 Å². The molecule has 0 aromatic heterocycles. The molecule has 5 N–H and O–H groups in total. The lowest BCUT2D eigenvalue weighted by Crippen LogP contribution is -2.10. The number of rotatable bonds is 6. The van der Waals surface area contributed by atoms with Gasteiger partial charge in [-0.3, -0.25) is 9.59 Å². The minimum atomic E-state index is -0.921. The number of aliphatic carboxylic acids is 1. The van der Waals surface area contributed by atoms with Gasteiger partial charge in [0.1, 0.15) is 0 Å². The Labute approximate surface area is 184 Å². The maximum atomic E-state index is 12.9. The zero-order valence-electron chi connectivity index (χ0n) is 16.5. The number of carbonyl (C=O) groups is 2. The van der Waals surface area contributed by atoms with Crippen LogP contribution < -0.4 is 16.4 Å². The number of halogens is 1. The van der Waals surface area contributed by atoms with E-state index in [0.717, 1.165) is 16.8 Å². The SMILES string of the molecule is NCc1ccc(NC(=C2C(=O)Nc3cc(Cl)ccc32)c2cccc(CC(=O)O)c2)cc1. The van der Waals surface area contributed by atoms with Crippen LogP contribution in [0.3, 0.4) is 0 Å². The smallest absolute Gasteiger partial charge is 0.307 e. The molecule has 0 saturated heterocycles. The van der Waals surface area contributed by atoms with Gasteiger partial charge in [-0.05, 0) is 47.0 Å². The van der Waals surface area contributed by atoms with Gasteiger partial charge in [0.05, 0.1) is 23.4 Å². The van der Waals surface area contributed by atoms with Crippen molar-refractivity contribution >= 4 is 46.1 Å². The van der Waals surface area contributed by atoms with Crippen LogP contribution in [0.4, 0.5) is 11.4 Å². The minimum Gasteiger partial charge on any atom is -0.481 e. The van der Waals surface area contributed by atoms with Crippen LogP contribution in [0.25, 0.3) is 11.3 Å². The number of hydrogen-bond acceptors (Lipinski definition) is 4. The van der Waals surface area contributed by atoms with Gasteiger partial charge in [0.25, 0.3) is 5.91 Å². The van der Waals surface area contributed by atoms with E-state index in [9.17, 15) is 14.7 Å². The Hall–Kier alpha value is -3.61. The maximum absolute atomic E-state index is 12.9. The number of amides is 1. The number of carboxylic acids is 1. The summed E-state index contributed by atoms with van der Waals surface area (Å²) in [6.45, 7) is 0.433. The number of carbonyl (C=O) groups excluding carboxylic acids is 1. The highest BCUT2D eigenvalue weighted by Crippen LogP contribution is 2.39. The molecule has 3 aromatic carbocycles. The van der Waals surface area contributed by atoms with E-state index < -0.39 is 5.97 Å². The zero-order chi connectivity index (χ0) is 22.0. The van der Waals surface area contributed by atoms with Gasteiger partial charge in [-0.15, -0.1) is 0 Å². The molecule has 31 heavy (non-hydrogen) atoms. The van der Waals surface area contributed by atoms with Gasteiger partial charge in [0, 0.05) is 22.8 Å². The molecule has 0 spiro atoms. The van der Waals surface area contributed by atoms with E-state index in [0.29, 0.717) is 39.7 Å². The fourth-order valence-corrected chi connectivity index (χ4v) is 3.72. The first-order valence-electron chi connectivity index (χ1n) is 9.67. The van der Waals surface area contributed by atoms with Crippen LogP contribution in [0.5, 0.6) is 0 Å². The van der Waals surface area contributed by atoms with E-state index in [1.165, 1.54) is 0 Å². The molecule has 4 rings (SSSR count). The zero-order valence-corrected chi connectivity index (χ0v) is 17.2. The van der Waals surface area contributed by atoms with Crippen molar-refractivity contribution in [2.24, 2.45) is 5.73 Å². The van der Waals surface area contributed by atoms with Crippen molar-refractivity contribution in [3.8, 4) is 0 Å². The molecule has 0 radical (unpaired) electrons. The molecular formula is C24H20ClN3O3. The third kappa shape index (κ3) is 4.45. The molecule has 0 saturated carbocycles. The number of nitrogens with two attached hydrogens (primary N) is 1. The number of nitrogens with one attached hydrogen (secondary N) is 2. The van der Waals surface area contributed by atoms with Crippen LogP contribution >= 0.6 is 11.6 Å². The van der Waals surface area contributed by atoms with Crippen molar-refractivity contribution in [3.05, 3.63) is 94.0 Å². The van der Waals surface area contributed by atoms with E-state index in [1.54, 1.807) is 36.4 Å². The van der Waals surface area contributed by atoms with Crippen molar-refractivity contribution in [1.82, 2.24) is 0 Å². The quantitative estimate of drug-likeness (QED) is 0.432. The molecule has 1 aliphatic heterocycles. The number of fused-ring (bicyclic) bond motifs is 1. The molecular weight excluding hydrogens is 414 g/mol. The topological polar surface area (TPSA) is 104 Å². The molecule has 0 unspecified atom stereocenters. The van der Waals surface area contributed by atoms with Gasteiger partial charge in [-0.25, -0.2) is 0 Å². The summed E-state index contributed by atoms with van der Waals surface area (Å²) < 4.78 is 0. The molecule has 3 aromatic rings. The molecule has 0 bridgehead atoms. The summed E-state index contributed by atoms with van der Waals surface area (Å²) in [5, 5.41) is 15.9. The first-order chi connectivity index (χ1) is 14.9. The van der Waals surface area contributed by atoms with Gasteiger partial charge >= 0.3 is 5.97 Å². The fraction of sp³-hybridized carbons (Fsp3) is 0.0833. The number of hydrogen-bond donors (Lipinski definition) is 4.